The molecule has 0 saturated heterocycles. The number of nitrogens with zero attached hydrogens (tertiary/aromatic N) is 1. The second-order valence-corrected chi connectivity index (χ2v) is 7.35. The van der Waals surface area contributed by atoms with Crippen molar-refractivity contribution >= 4 is 45.6 Å². The predicted octanol–water partition coefficient (Wildman–Crippen LogP) is 5.36. The van der Waals surface area contributed by atoms with E-state index < -0.39 is 0 Å². The standard InChI is InChI=1S/C18H13Cl2FN2OS/c19-13-4-3-12(16(20)9-13)8-17(24)23-18-22-10-15(25-18)7-11-1-5-14(21)6-2-11/h1-6,9-10H,7-8H2,(H,22,23,24). The minimum Gasteiger partial charge on any atom is -0.302 e. The molecule has 0 aliphatic carbocycles. The maximum Gasteiger partial charge on any atom is 0.230 e. The van der Waals surface area contributed by atoms with E-state index >= 15 is 0 Å². The van der Waals surface area contributed by atoms with Crippen molar-refractivity contribution < 1.29 is 9.18 Å². The number of aromatic nitrogens is 1. The summed E-state index contributed by atoms with van der Waals surface area (Å²) in [5, 5.41) is 4.27. The smallest absolute Gasteiger partial charge is 0.230 e. The molecule has 0 radical (unpaired) electrons. The van der Waals surface area contributed by atoms with Crippen molar-refractivity contribution in [3.05, 3.63) is 80.5 Å². The number of benzene rings is 2. The molecule has 1 amide bonds. The minimum absolute atomic E-state index is 0.142. The number of hydrogen-bond donors (Lipinski definition) is 1. The second kappa shape index (κ2) is 7.95. The molecule has 7 heteroatoms. The summed E-state index contributed by atoms with van der Waals surface area (Å²) in [6, 6.07) is 11.3. The summed E-state index contributed by atoms with van der Waals surface area (Å²) in [6.07, 6.45) is 2.48. The van der Waals surface area contributed by atoms with Gasteiger partial charge >= 0.3 is 0 Å². The van der Waals surface area contributed by atoms with E-state index in [1.165, 1.54) is 23.5 Å². The molecule has 2 aromatic carbocycles. The molecule has 0 spiro atoms. The number of nitrogens with one attached hydrogen (secondary N) is 1. The molecule has 25 heavy (non-hydrogen) atoms. The summed E-state index contributed by atoms with van der Waals surface area (Å²) in [4.78, 5) is 17.3. The zero-order valence-electron chi connectivity index (χ0n) is 12.9. The summed E-state index contributed by atoms with van der Waals surface area (Å²) in [7, 11) is 0. The number of halogens is 3. The van der Waals surface area contributed by atoms with Gasteiger partial charge in [0.15, 0.2) is 5.13 Å². The largest absolute Gasteiger partial charge is 0.302 e. The molecule has 0 atom stereocenters. The van der Waals surface area contributed by atoms with Gasteiger partial charge in [0, 0.05) is 27.5 Å². The third-order valence-electron chi connectivity index (χ3n) is 3.46. The average Bonchev–Trinajstić information content (AvgIpc) is 2.99. The van der Waals surface area contributed by atoms with E-state index in [2.05, 4.69) is 10.3 Å². The van der Waals surface area contributed by atoms with E-state index in [1.807, 2.05) is 0 Å². The number of rotatable bonds is 5. The van der Waals surface area contributed by atoms with Crippen LogP contribution in [-0.4, -0.2) is 10.9 Å². The van der Waals surface area contributed by atoms with Crippen molar-refractivity contribution in [2.45, 2.75) is 12.8 Å². The highest BCUT2D eigenvalue weighted by molar-refractivity contribution is 7.15. The third kappa shape index (κ3) is 5.01. The Morgan fingerprint density at radius 3 is 2.64 bits per heavy atom. The SMILES string of the molecule is O=C(Cc1ccc(Cl)cc1Cl)Nc1ncc(Cc2ccc(F)cc2)s1. The van der Waals surface area contributed by atoms with E-state index in [4.69, 9.17) is 23.2 Å². The Labute approximate surface area is 158 Å². The van der Waals surface area contributed by atoms with E-state index in [1.54, 1.807) is 36.5 Å². The second-order valence-electron chi connectivity index (χ2n) is 5.40. The van der Waals surface area contributed by atoms with Gasteiger partial charge in [-0.25, -0.2) is 9.37 Å². The van der Waals surface area contributed by atoms with Crippen LogP contribution in [0.3, 0.4) is 0 Å². The number of hydrogen-bond acceptors (Lipinski definition) is 3. The quantitative estimate of drug-likeness (QED) is 0.632. The summed E-state index contributed by atoms with van der Waals surface area (Å²) >= 11 is 13.3. The summed E-state index contributed by atoms with van der Waals surface area (Å²) in [5.74, 6) is -0.464. The van der Waals surface area contributed by atoms with Gasteiger partial charge in [-0.15, -0.1) is 11.3 Å². The fourth-order valence-electron chi connectivity index (χ4n) is 2.25. The molecule has 0 unspecified atom stereocenters. The molecule has 3 aromatic rings. The van der Waals surface area contributed by atoms with Gasteiger partial charge < -0.3 is 5.32 Å². The Bertz CT molecular complexity index is 896. The number of carbonyl (C=O) groups is 1. The van der Waals surface area contributed by atoms with Crippen molar-refractivity contribution in [1.82, 2.24) is 4.98 Å². The molecular weight excluding hydrogens is 382 g/mol. The first-order valence-corrected chi connectivity index (χ1v) is 9.00. The first kappa shape index (κ1) is 17.9. The fourth-order valence-corrected chi connectivity index (χ4v) is 3.59. The molecule has 3 nitrogen and oxygen atoms in total. The third-order valence-corrected chi connectivity index (χ3v) is 4.96. The van der Waals surface area contributed by atoms with E-state index in [-0.39, 0.29) is 18.1 Å². The topological polar surface area (TPSA) is 42.0 Å². The van der Waals surface area contributed by atoms with E-state index in [0.29, 0.717) is 27.2 Å². The minimum atomic E-state index is -0.262. The Morgan fingerprint density at radius 1 is 1.16 bits per heavy atom. The highest BCUT2D eigenvalue weighted by Gasteiger charge is 2.10. The number of carbonyl (C=O) groups excluding carboxylic acids is 1. The van der Waals surface area contributed by atoms with Crippen molar-refractivity contribution in [1.29, 1.82) is 0 Å². The van der Waals surface area contributed by atoms with Gasteiger partial charge in [-0.1, -0.05) is 41.4 Å². The van der Waals surface area contributed by atoms with Crippen LogP contribution in [0.25, 0.3) is 0 Å². The molecule has 1 N–H and O–H groups in total. The highest BCUT2D eigenvalue weighted by atomic mass is 35.5. The normalized spacial score (nSPS) is 10.7. The highest BCUT2D eigenvalue weighted by Crippen LogP contribution is 2.24. The van der Waals surface area contributed by atoms with Gasteiger partial charge in [-0.2, -0.15) is 0 Å². The van der Waals surface area contributed by atoms with Crippen molar-refractivity contribution in [2.75, 3.05) is 5.32 Å². The molecule has 128 valence electrons. The van der Waals surface area contributed by atoms with Gasteiger partial charge in [-0.3, -0.25) is 4.79 Å². The van der Waals surface area contributed by atoms with Crippen LogP contribution in [0.4, 0.5) is 9.52 Å². The number of thiazole rings is 1. The molecule has 0 aliphatic heterocycles. The summed E-state index contributed by atoms with van der Waals surface area (Å²) < 4.78 is 12.9. The van der Waals surface area contributed by atoms with Crippen LogP contribution in [0.2, 0.25) is 10.0 Å². The van der Waals surface area contributed by atoms with Crippen LogP contribution in [0.1, 0.15) is 16.0 Å². The van der Waals surface area contributed by atoms with Crippen molar-refractivity contribution in [2.24, 2.45) is 0 Å². The van der Waals surface area contributed by atoms with Crippen molar-refractivity contribution in [3.63, 3.8) is 0 Å². The van der Waals surface area contributed by atoms with Gasteiger partial charge in [0.2, 0.25) is 5.91 Å². The maximum atomic E-state index is 12.9. The fraction of sp³-hybridized carbons (Fsp3) is 0.111. The molecule has 0 fully saturated rings. The zero-order chi connectivity index (χ0) is 17.8. The number of anilines is 1. The van der Waals surface area contributed by atoms with Crippen LogP contribution in [-0.2, 0) is 17.6 Å². The molecule has 3 rings (SSSR count). The van der Waals surface area contributed by atoms with E-state index in [0.717, 1.165) is 10.4 Å². The molecule has 1 heterocycles. The monoisotopic (exact) mass is 394 g/mol. The molecule has 0 aliphatic rings. The van der Waals surface area contributed by atoms with Crippen LogP contribution in [0.15, 0.2) is 48.7 Å². The summed E-state index contributed by atoms with van der Waals surface area (Å²) in [5.41, 5.74) is 1.68. The Balaban J connectivity index is 1.60. The Kier molecular flexibility index (Phi) is 5.68. The molecule has 0 saturated carbocycles. The van der Waals surface area contributed by atoms with Gasteiger partial charge in [0.05, 0.1) is 6.42 Å². The average molecular weight is 395 g/mol. The lowest BCUT2D eigenvalue weighted by Gasteiger charge is -2.04. The van der Waals surface area contributed by atoms with Gasteiger partial charge in [0.1, 0.15) is 5.82 Å². The molecular formula is C18H13Cl2FN2OS. The lowest BCUT2D eigenvalue weighted by Crippen LogP contribution is -2.14. The maximum absolute atomic E-state index is 12.9. The van der Waals surface area contributed by atoms with Gasteiger partial charge in [-0.05, 0) is 35.4 Å². The lowest BCUT2D eigenvalue weighted by atomic mass is 10.1. The molecule has 1 aromatic heterocycles. The summed E-state index contributed by atoms with van der Waals surface area (Å²) in [6.45, 7) is 0. The first-order chi connectivity index (χ1) is 12.0. The van der Waals surface area contributed by atoms with Gasteiger partial charge in [0.25, 0.3) is 0 Å². The lowest BCUT2D eigenvalue weighted by molar-refractivity contribution is -0.115. The van der Waals surface area contributed by atoms with Crippen LogP contribution >= 0.6 is 34.5 Å². The van der Waals surface area contributed by atoms with Crippen molar-refractivity contribution in [3.8, 4) is 0 Å². The first-order valence-electron chi connectivity index (χ1n) is 7.42. The zero-order valence-corrected chi connectivity index (χ0v) is 15.3. The predicted molar refractivity (Wildman–Crippen MR) is 100 cm³/mol. The van der Waals surface area contributed by atoms with E-state index in [9.17, 15) is 9.18 Å². The Morgan fingerprint density at radius 2 is 1.92 bits per heavy atom. The Hall–Kier alpha value is -1.95. The van der Waals surface area contributed by atoms with Crippen LogP contribution in [0, 0.1) is 5.82 Å². The molecule has 0 bridgehead atoms. The van der Waals surface area contributed by atoms with Crippen LogP contribution in [0.5, 0.6) is 0 Å². The van der Waals surface area contributed by atoms with Crippen LogP contribution < -0.4 is 5.32 Å². The number of amides is 1.